The lowest BCUT2D eigenvalue weighted by molar-refractivity contribution is -0.132. The predicted molar refractivity (Wildman–Crippen MR) is 109 cm³/mol. The minimum absolute atomic E-state index is 0.115. The minimum atomic E-state index is -0.453. The zero-order valence-corrected chi connectivity index (χ0v) is 16.7. The summed E-state index contributed by atoms with van der Waals surface area (Å²) in [4.78, 5) is 25.7. The molecule has 1 fully saturated rings. The molecule has 1 saturated carbocycles. The van der Waals surface area contributed by atoms with Gasteiger partial charge in [0.2, 0.25) is 11.8 Å². The van der Waals surface area contributed by atoms with Crippen LogP contribution >= 0.6 is 0 Å². The molecule has 7 heteroatoms. The van der Waals surface area contributed by atoms with Crippen LogP contribution in [0, 0.1) is 5.82 Å². The summed E-state index contributed by atoms with van der Waals surface area (Å²) in [5.41, 5.74) is 5.79. The van der Waals surface area contributed by atoms with E-state index in [1.807, 2.05) is 35.2 Å². The molecule has 2 aromatic rings. The molecule has 1 aliphatic heterocycles. The Hall–Kier alpha value is -2.77. The van der Waals surface area contributed by atoms with Crippen molar-refractivity contribution >= 4 is 11.8 Å². The number of halogens is 1. The lowest BCUT2D eigenvalue weighted by Gasteiger charge is -2.15. The molecule has 0 spiro atoms. The van der Waals surface area contributed by atoms with E-state index in [0.717, 1.165) is 41.6 Å². The second kappa shape index (κ2) is 8.93. The highest BCUT2D eigenvalue weighted by atomic mass is 19.1. The molecule has 2 amide bonds. The number of carbonyl (C=O) groups is 2. The van der Waals surface area contributed by atoms with Crippen molar-refractivity contribution in [3.63, 3.8) is 0 Å². The van der Waals surface area contributed by atoms with Gasteiger partial charge in [-0.25, -0.2) is 9.87 Å². The van der Waals surface area contributed by atoms with Crippen molar-refractivity contribution in [3.05, 3.63) is 70.5 Å². The number of benzene rings is 2. The van der Waals surface area contributed by atoms with Gasteiger partial charge in [0, 0.05) is 31.5 Å². The lowest BCUT2D eigenvalue weighted by Crippen LogP contribution is -2.27. The highest BCUT2D eigenvalue weighted by Crippen LogP contribution is 2.40. The van der Waals surface area contributed by atoms with Gasteiger partial charge in [-0.05, 0) is 53.8 Å². The zero-order valence-electron chi connectivity index (χ0n) is 16.7. The van der Waals surface area contributed by atoms with Gasteiger partial charge in [0.1, 0.15) is 5.82 Å². The molecular weight excluding hydrogens is 385 g/mol. The number of hydrogen-bond acceptors (Lipinski definition) is 4. The second-order valence-electron chi connectivity index (χ2n) is 8.12. The molecule has 30 heavy (non-hydrogen) atoms. The molecule has 2 atom stereocenters. The summed E-state index contributed by atoms with van der Waals surface area (Å²) < 4.78 is 13.0. The van der Waals surface area contributed by atoms with Gasteiger partial charge in [-0.15, -0.1) is 0 Å². The molecule has 158 valence electrons. The molecule has 3 N–H and O–H groups in total. The zero-order chi connectivity index (χ0) is 21.1. The Kier molecular flexibility index (Phi) is 6.11. The number of nitrogens with zero attached hydrogens (tertiary/aromatic N) is 1. The molecular formula is C23H26FN3O3. The molecule has 0 radical (unpaired) electrons. The van der Waals surface area contributed by atoms with E-state index >= 15 is 0 Å². The van der Waals surface area contributed by atoms with E-state index in [9.17, 15) is 14.0 Å². The Labute approximate surface area is 175 Å². The fraction of sp³-hybridized carbons (Fsp3) is 0.391. The minimum Gasteiger partial charge on any atom is -0.334 e. The molecule has 2 unspecified atom stereocenters. The molecule has 0 aromatic heterocycles. The van der Waals surface area contributed by atoms with Crippen molar-refractivity contribution < 1.29 is 19.2 Å². The number of fused-ring (bicyclic) bond motifs is 1. The van der Waals surface area contributed by atoms with E-state index in [-0.39, 0.29) is 18.1 Å². The van der Waals surface area contributed by atoms with Crippen LogP contribution in [-0.2, 0) is 29.1 Å². The molecule has 2 aliphatic rings. The third-order valence-corrected chi connectivity index (χ3v) is 5.90. The van der Waals surface area contributed by atoms with Crippen molar-refractivity contribution in [1.82, 2.24) is 15.7 Å². The average molecular weight is 411 g/mol. The second-order valence-corrected chi connectivity index (χ2v) is 8.12. The molecule has 6 nitrogen and oxygen atoms in total. The number of hydroxylamine groups is 1. The molecule has 4 rings (SSSR count). The molecule has 1 aliphatic carbocycles. The third-order valence-electron chi connectivity index (χ3n) is 5.90. The Morgan fingerprint density at radius 2 is 1.87 bits per heavy atom. The standard InChI is InChI=1S/C23H26FN3O3/c24-19-7-5-16(6-8-19)20-12-21(20)25-9-1-2-23(29)27-13-17-4-3-15(10-18(17)14-27)11-22(28)26-30/h3-8,10,20-21,25,30H,1-2,9,11-14H2,(H,26,28). The van der Waals surface area contributed by atoms with Gasteiger partial charge in [-0.2, -0.15) is 0 Å². The van der Waals surface area contributed by atoms with Crippen LogP contribution in [0.1, 0.15) is 47.4 Å². The summed E-state index contributed by atoms with van der Waals surface area (Å²) in [5, 5.41) is 12.1. The first-order valence-electron chi connectivity index (χ1n) is 10.3. The van der Waals surface area contributed by atoms with Gasteiger partial charge in [0.25, 0.3) is 0 Å². The van der Waals surface area contributed by atoms with E-state index in [0.29, 0.717) is 31.5 Å². The van der Waals surface area contributed by atoms with Crippen LogP contribution in [0.25, 0.3) is 0 Å². The highest BCUT2D eigenvalue weighted by molar-refractivity contribution is 5.78. The summed E-state index contributed by atoms with van der Waals surface area (Å²) in [7, 11) is 0. The summed E-state index contributed by atoms with van der Waals surface area (Å²) in [6, 6.07) is 12.9. The third kappa shape index (κ3) is 4.86. The van der Waals surface area contributed by atoms with Gasteiger partial charge in [0.05, 0.1) is 6.42 Å². The average Bonchev–Trinajstić information content (AvgIpc) is 3.39. The smallest absolute Gasteiger partial charge is 0.247 e. The summed E-state index contributed by atoms with van der Waals surface area (Å²) in [6.45, 7) is 1.95. The van der Waals surface area contributed by atoms with Crippen molar-refractivity contribution in [2.24, 2.45) is 0 Å². The number of nitrogens with one attached hydrogen (secondary N) is 2. The largest absolute Gasteiger partial charge is 0.334 e. The molecule has 0 bridgehead atoms. The van der Waals surface area contributed by atoms with Crippen LogP contribution in [-0.4, -0.2) is 34.5 Å². The molecule has 0 saturated heterocycles. The maximum Gasteiger partial charge on any atom is 0.247 e. The van der Waals surface area contributed by atoms with Gasteiger partial charge in [0.15, 0.2) is 0 Å². The number of rotatable bonds is 8. The number of amides is 2. The van der Waals surface area contributed by atoms with Crippen LogP contribution in [0.5, 0.6) is 0 Å². The summed E-state index contributed by atoms with van der Waals surface area (Å²) >= 11 is 0. The molecule has 1 heterocycles. The first kappa shape index (κ1) is 20.5. The normalized spacial score (nSPS) is 19.5. The van der Waals surface area contributed by atoms with Gasteiger partial charge in [-0.1, -0.05) is 30.3 Å². The van der Waals surface area contributed by atoms with Crippen LogP contribution < -0.4 is 10.8 Å². The topological polar surface area (TPSA) is 81.7 Å². The predicted octanol–water partition coefficient (Wildman–Crippen LogP) is 2.64. The van der Waals surface area contributed by atoms with E-state index in [1.54, 1.807) is 5.48 Å². The van der Waals surface area contributed by atoms with Crippen LogP contribution in [0.3, 0.4) is 0 Å². The SMILES string of the molecule is O=C(Cc1ccc2c(c1)CN(C(=O)CCCNC1CC1c1ccc(F)cc1)C2)NO. The fourth-order valence-electron chi connectivity index (χ4n) is 4.14. The van der Waals surface area contributed by atoms with Gasteiger partial charge < -0.3 is 10.2 Å². The van der Waals surface area contributed by atoms with E-state index < -0.39 is 5.91 Å². The number of hydrogen-bond donors (Lipinski definition) is 3. The van der Waals surface area contributed by atoms with E-state index in [4.69, 9.17) is 5.21 Å². The van der Waals surface area contributed by atoms with Crippen molar-refractivity contribution in [2.75, 3.05) is 6.54 Å². The Morgan fingerprint density at radius 3 is 2.63 bits per heavy atom. The Balaban J connectivity index is 1.18. The first-order valence-corrected chi connectivity index (χ1v) is 10.3. The van der Waals surface area contributed by atoms with E-state index in [1.165, 1.54) is 12.1 Å². The van der Waals surface area contributed by atoms with Gasteiger partial charge in [-0.3, -0.25) is 14.8 Å². The van der Waals surface area contributed by atoms with Crippen molar-refractivity contribution in [1.29, 1.82) is 0 Å². The summed E-state index contributed by atoms with van der Waals surface area (Å²) in [6.07, 6.45) is 2.44. The van der Waals surface area contributed by atoms with Crippen molar-refractivity contribution in [2.45, 2.75) is 50.7 Å². The Morgan fingerprint density at radius 1 is 1.10 bits per heavy atom. The maximum atomic E-state index is 13.0. The van der Waals surface area contributed by atoms with Gasteiger partial charge >= 0.3 is 0 Å². The van der Waals surface area contributed by atoms with Crippen LogP contribution in [0.15, 0.2) is 42.5 Å². The quantitative estimate of drug-likeness (QED) is 0.354. The fourth-order valence-corrected chi connectivity index (χ4v) is 4.14. The monoisotopic (exact) mass is 411 g/mol. The van der Waals surface area contributed by atoms with Crippen LogP contribution in [0.4, 0.5) is 4.39 Å². The maximum absolute atomic E-state index is 13.0. The summed E-state index contributed by atoms with van der Waals surface area (Å²) in [5.74, 6) is -0.0888. The van der Waals surface area contributed by atoms with Crippen molar-refractivity contribution in [3.8, 4) is 0 Å². The molecule has 2 aromatic carbocycles. The lowest BCUT2D eigenvalue weighted by atomic mass is 10.0. The highest BCUT2D eigenvalue weighted by Gasteiger charge is 2.37. The number of carbonyl (C=O) groups excluding carboxylic acids is 2. The Bertz CT molecular complexity index is 932. The van der Waals surface area contributed by atoms with E-state index in [2.05, 4.69) is 5.32 Å². The van der Waals surface area contributed by atoms with Crippen LogP contribution in [0.2, 0.25) is 0 Å². The first-order chi connectivity index (χ1) is 14.5.